The summed E-state index contributed by atoms with van der Waals surface area (Å²) in [7, 11) is 0. The number of nitrogens with zero attached hydrogens (tertiary/aromatic N) is 4. The van der Waals surface area contributed by atoms with Crippen molar-refractivity contribution in [2.75, 3.05) is 0 Å². The van der Waals surface area contributed by atoms with Crippen molar-refractivity contribution in [1.82, 2.24) is 19.3 Å². The number of halogens is 2. The number of aromatic nitrogens is 4. The van der Waals surface area contributed by atoms with Crippen LogP contribution in [0.25, 0.3) is 33.9 Å². The molecule has 0 bridgehead atoms. The van der Waals surface area contributed by atoms with Crippen LogP contribution in [0.5, 0.6) is 0 Å². The monoisotopic (exact) mass is 444 g/mol. The van der Waals surface area contributed by atoms with Gasteiger partial charge in [-0.2, -0.15) is 4.68 Å². The average Bonchev–Trinajstić information content (AvgIpc) is 3.18. The van der Waals surface area contributed by atoms with Crippen LogP contribution < -0.4 is 5.56 Å². The maximum Gasteiger partial charge on any atom is 0.271 e. The van der Waals surface area contributed by atoms with Crippen LogP contribution in [0.2, 0.25) is 0 Å². The Hall–Kier alpha value is -4.17. The summed E-state index contributed by atoms with van der Waals surface area (Å²) in [5, 5.41) is 14.1. The standard InChI is InChI=1S/C25H18F2N4O2/c1-15-4-2-3-5-21(15)31-24(33)11-10-23(29-31)30-22-9-6-16(14-32)12-20(22)28-25(30)18-8-7-17(26)13-19(18)27/h2-13,32H,14H2,1H3. The minimum Gasteiger partial charge on any atom is -0.392 e. The highest BCUT2D eigenvalue weighted by Gasteiger charge is 2.20. The predicted octanol–water partition coefficient (Wildman–Crippen LogP) is 4.32. The maximum atomic E-state index is 14.8. The fourth-order valence-corrected chi connectivity index (χ4v) is 3.80. The lowest BCUT2D eigenvalue weighted by atomic mass is 10.2. The topological polar surface area (TPSA) is 72.9 Å². The van der Waals surface area contributed by atoms with E-state index in [4.69, 9.17) is 0 Å². The molecule has 5 rings (SSSR count). The van der Waals surface area contributed by atoms with Crippen molar-refractivity contribution >= 4 is 11.0 Å². The number of fused-ring (bicyclic) bond motifs is 1. The van der Waals surface area contributed by atoms with E-state index in [9.17, 15) is 18.7 Å². The molecule has 164 valence electrons. The SMILES string of the molecule is Cc1ccccc1-n1nc(-n2c(-c3ccc(F)cc3F)nc3cc(CO)ccc32)ccc1=O. The molecule has 6 nitrogen and oxygen atoms in total. The zero-order valence-corrected chi connectivity index (χ0v) is 17.5. The number of aliphatic hydroxyl groups excluding tert-OH is 1. The van der Waals surface area contributed by atoms with Crippen LogP contribution in [0.15, 0.2) is 77.6 Å². The van der Waals surface area contributed by atoms with Crippen molar-refractivity contribution in [2.45, 2.75) is 13.5 Å². The molecule has 3 aromatic carbocycles. The minimum atomic E-state index is -0.777. The quantitative estimate of drug-likeness (QED) is 0.448. The summed E-state index contributed by atoms with van der Waals surface area (Å²) in [5.41, 5.74) is 2.95. The molecule has 0 unspecified atom stereocenters. The highest BCUT2D eigenvalue weighted by Crippen LogP contribution is 2.30. The molecule has 0 saturated heterocycles. The molecular weight excluding hydrogens is 426 g/mol. The summed E-state index contributed by atoms with van der Waals surface area (Å²) in [5.74, 6) is -0.954. The van der Waals surface area contributed by atoms with Gasteiger partial charge in [0.15, 0.2) is 5.82 Å². The van der Waals surface area contributed by atoms with Gasteiger partial charge in [0, 0.05) is 12.1 Å². The van der Waals surface area contributed by atoms with Crippen molar-refractivity contribution in [2.24, 2.45) is 0 Å². The Kier molecular flexibility index (Phi) is 5.07. The first-order valence-corrected chi connectivity index (χ1v) is 10.2. The number of para-hydroxylation sites is 1. The Labute approximate surface area is 187 Å². The largest absolute Gasteiger partial charge is 0.392 e. The third-order valence-corrected chi connectivity index (χ3v) is 5.43. The van der Waals surface area contributed by atoms with Crippen molar-refractivity contribution < 1.29 is 13.9 Å². The van der Waals surface area contributed by atoms with Gasteiger partial charge in [0.05, 0.1) is 28.9 Å². The van der Waals surface area contributed by atoms with Gasteiger partial charge in [-0.1, -0.05) is 24.3 Å². The average molecular weight is 444 g/mol. The van der Waals surface area contributed by atoms with E-state index in [0.29, 0.717) is 28.1 Å². The van der Waals surface area contributed by atoms with E-state index in [1.165, 1.54) is 22.9 Å². The lowest BCUT2D eigenvalue weighted by Gasteiger charge is -2.13. The van der Waals surface area contributed by atoms with Gasteiger partial charge in [-0.25, -0.2) is 13.8 Å². The van der Waals surface area contributed by atoms with Gasteiger partial charge in [0.25, 0.3) is 5.56 Å². The number of imidazole rings is 1. The summed E-state index contributed by atoms with van der Waals surface area (Å²) in [6, 6.07) is 18.7. The highest BCUT2D eigenvalue weighted by atomic mass is 19.1. The van der Waals surface area contributed by atoms with Gasteiger partial charge >= 0.3 is 0 Å². The number of aliphatic hydroxyl groups is 1. The molecule has 2 heterocycles. The molecule has 0 aliphatic heterocycles. The molecule has 0 radical (unpaired) electrons. The second kappa shape index (κ2) is 8.07. The van der Waals surface area contributed by atoms with Gasteiger partial charge in [0.2, 0.25) is 0 Å². The molecule has 1 N–H and O–H groups in total. The highest BCUT2D eigenvalue weighted by molar-refractivity contribution is 5.83. The molecule has 0 saturated carbocycles. The second-order valence-electron chi connectivity index (χ2n) is 7.60. The molecule has 0 amide bonds. The van der Waals surface area contributed by atoms with Crippen LogP contribution in [0.1, 0.15) is 11.1 Å². The summed E-state index contributed by atoms with van der Waals surface area (Å²) < 4.78 is 31.2. The molecular formula is C25H18F2N4O2. The Bertz CT molecular complexity index is 1570. The normalized spacial score (nSPS) is 11.3. The van der Waals surface area contributed by atoms with Crippen molar-refractivity contribution in [3.8, 4) is 22.9 Å². The Morgan fingerprint density at radius 1 is 0.970 bits per heavy atom. The number of rotatable bonds is 4. The first-order chi connectivity index (χ1) is 16.0. The van der Waals surface area contributed by atoms with E-state index >= 15 is 0 Å². The van der Waals surface area contributed by atoms with Gasteiger partial charge in [-0.15, -0.1) is 5.10 Å². The van der Waals surface area contributed by atoms with E-state index in [0.717, 1.165) is 17.7 Å². The van der Waals surface area contributed by atoms with Crippen LogP contribution in [0.4, 0.5) is 8.78 Å². The fraction of sp³-hybridized carbons (Fsp3) is 0.0800. The van der Waals surface area contributed by atoms with Gasteiger partial charge < -0.3 is 5.11 Å². The first-order valence-electron chi connectivity index (χ1n) is 10.2. The van der Waals surface area contributed by atoms with Crippen LogP contribution in [0, 0.1) is 18.6 Å². The summed E-state index contributed by atoms with van der Waals surface area (Å²) in [6.07, 6.45) is 0. The Morgan fingerprint density at radius 3 is 2.55 bits per heavy atom. The smallest absolute Gasteiger partial charge is 0.271 e. The van der Waals surface area contributed by atoms with Crippen molar-refractivity contribution in [3.63, 3.8) is 0 Å². The van der Waals surface area contributed by atoms with E-state index in [1.807, 2.05) is 25.1 Å². The summed E-state index contributed by atoms with van der Waals surface area (Å²) in [6.45, 7) is 1.69. The summed E-state index contributed by atoms with van der Waals surface area (Å²) in [4.78, 5) is 17.2. The fourth-order valence-electron chi connectivity index (χ4n) is 3.80. The minimum absolute atomic E-state index is 0.0774. The number of aryl methyl sites for hydroxylation is 1. The zero-order chi connectivity index (χ0) is 23.1. The van der Waals surface area contributed by atoms with E-state index in [2.05, 4.69) is 10.1 Å². The lowest BCUT2D eigenvalue weighted by molar-refractivity contribution is 0.282. The molecule has 0 atom stereocenters. The molecule has 5 aromatic rings. The van der Waals surface area contributed by atoms with Gasteiger partial charge in [0.1, 0.15) is 17.5 Å². The molecule has 33 heavy (non-hydrogen) atoms. The number of benzene rings is 3. The third-order valence-electron chi connectivity index (χ3n) is 5.43. The third kappa shape index (κ3) is 3.60. The number of hydrogen-bond donors (Lipinski definition) is 1. The van der Waals surface area contributed by atoms with Gasteiger partial charge in [-0.05, 0) is 54.4 Å². The molecule has 0 aliphatic carbocycles. The first kappa shape index (κ1) is 20.7. The Morgan fingerprint density at radius 2 is 1.79 bits per heavy atom. The number of hydrogen-bond acceptors (Lipinski definition) is 4. The van der Waals surface area contributed by atoms with Crippen molar-refractivity contribution in [3.05, 3.63) is 106 Å². The van der Waals surface area contributed by atoms with E-state index in [1.54, 1.807) is 28.8 Å². The van der Waals surface area contributed by atoms with Crippen LogP contribution in [0.3, 0.4) is 0 Å². The summed E-state index contributed by atoms with van der Waals surface area (Å²) >= 11 is 0. The molecule has 2 aromatic heterocycles. The molecule has 8 heteroatoms. The molecule has 0 aliphatic rings. The maximum absolute atomic E-state index is 14.8. The zero-order valence-electron chi connectivity index (χ0n) is 17.5. The van der Waals surface area contributed by atoms with E-state index < -0.39 is 11.6 Å². The van der Waals surface area contributed by atoms with Crippen molar-refractivity contribution in [1.29, 1.82) is 0 Å². The van der Waals surface area contributed by atoms with Crippen LogP contribution in [-0.4, -0.2) is 24.4 Å². The molecule has 0 fully saturated rings. The predicted molar refractivity (Wildman–Crippen MR) is 120 cm³/mol. The Balaban J connectivity index is 1.82. The second-order valence-corrected chi connectivity index (χ2v) is 7.60. The van der Waals surface area contributed by atoms with E-state index in [-0.39, 0.29) is 23.6 Å². The van der Waals surface area contributed by atoms with Gasteiger partial charge in [-0.3, -0.25) is 9.36 Å². The lowest BCUT2D eigenvalue weighted by Crippen LogP contribution is -2.22. The van der Waals surface area contributed by atoms with Crippen LogP contribution >= 0.6 is 0 Å². The van der Waals surface area contributed by atoms with Crippen LogP contribution in [-0.2, 0) is 6.61 Å². The molecule has 0 spiro atoms.